The van der Waals surface area contributed by atoms with Crippen molar-refractivity contribution in [1.29, 1.82) is 0 Å². The van der Waals surface area contributed by atoms with Crippen molar-refractivity contribution in [3.05, 3.63) is 34.8 Å². The Morgan fingerprint density at radius 3 is 2.52 bits per heavy atom. The molecule has 0 saturated carbocycles. The summed E-state index contributed by atoms with van der Waals surface area (Å²) in [6, 6.07) is 3.60. The van der Waals surface area contributed by atoms with Crippen LogP contribution in [0.5, 0.6) is 0 Å². The Kier molecular flexibility index (Phi) is 4.88. The van der Waals surface area contributed by atoms with Gasteiger partial charge in [0, 0.05) is 30.5 Å². The number of nitrogens with zero attached hydrogens (tertiary/aromatic N) is 3. The number of rotatable bonds is 6. The number of aliphatic carboxylic acids is 1. The first-order valence-electron chi connectivity index (χ1n) is 7.48. The third-order valence-corrected chi connectivity index (χ3v) is 3.77. The number of carboxylic acid groups (broad SMARTS) is 1. The SMILES string of the molecule is CCN(CCC(=O)O)C(=O)c1cc(C)n(-c2cc(C)on2)c1C. The number of hydrogen-bond donors (Lipinski definition) is 1. The largest absolute Gasteiger partial charge is 0.481 e. The molecule has 0 saturated heterocycles. The van der Waals surface area contributed by atoms with E-state index in [4.69, 9.17) is 9.63 Å². The molecule has 7 heteroatoms. The molecule has 0 atom stereocenters. The van der Waals surface area contributed by atoms with Crippen LogP contribution in [-0.2, 0) is 4.79 Å². The van der Waals surface area contributed by atoms with Crippen LogP contribution in [0.2, 0.25) is 0 Å². The summed E-state index contributed by atoms with van der Waals surface area (Å²) < 4.78 is 6.96. The monoisotopic (exact) mass is 319 g/mol. The van der Waals surface area contributed by atoms with Crippen LogP contribution < -0.4 is 0 Å². The summed E-state index contributed by atoms with van der Waals surface area (Å²) in [5.41, 5.74) is 2.18. The Bertz CT molecular complexity index is 730. The quantitative estimate of drug-likeness (QED) is 0.882. The molecule has 1 amide bonds. The summed E-state index contributed by atoms with van der Waals surface area (Å²) in [6.07, 6.45) is -0.0687. The molecule has 23 heavy (non-hydrogen) atoms. The van der Waals surface area contributed by atoms with E-state index in [9.17, 15) is 9.59 Å². The fourth-order valence-electron chi connectivity index (χ4n) is 2.59. The van der Waals surface area contributed by atoms with Gasteiger partial charge in [-0.15, -0.1) is 0 Å². The molecule has 124 valence electrons. The van der Waals surface area contributed by atoms with Gasteiger partial charge in [-0.2, -0.15) is 0 Å². The van der Waals surface area contributed by atoms with E-state index in [-0.39, 0.29) is 18.9 Å². The average molecular weight is 319 g/mol. The molecule has 0 aliphatic carbocycles. The minimum absolute atomic E-state index is 0.0687. The zero-order valence-corrected chi connectivity index (χ0v) is 13.8. The van der Waals surface area contributed by atoms with E-state index in [1.54, 1.807) is 19.1 Å². The first-order chi connectivity index (χ1) is 10.8. The summed E-state index contributed by atoms with van der Waals surface area (Å²) in [6.45, 7) is 8.02. The predicted octanol–water partition coefficient (Wildman–Crippen LogP) is 2.33. The number of hydrogen-bond acceptors (Lipinski definition) is 4. The highest BCUT2D eigenvalue weighted by Crippen LogP contribution is 2.22. The summed E-state index contributed by atoms with van der Waals surface area (Å²) in [7, 11) is 0. The van der Waals surface area contributed by atoms with E-state index < -0.39 is 5.97 Å². The van der Waals surface area contributed by atoms with Crippen molar-refractivity contribution in [3.8, 4) is 5.82 Å². The van der Waals surface area contributed by atoms with Gasteiger partial charge in [-0.25, -0.2) is 0 Å². The van der Waals surface area contributed by atoms with Crippen LogP contribution >= 0.6 is 0 Å². The van der Waals surface area contributed by atoms with Crippen LogP contribution in [0, 0.1) is 20.8 Å². The van der Waals surface area contributed by atoms with Gasteiger partial charge in [-0.3, -0.25) is 14.2 Å². The molecule has 2 heterocycles. The standard InChI is InChI=1S/C16H21N3O4/c1-5-18(7-6-15(20)21)16(22)13-8-10(2)19(12(13)4)14-9-11(3)23-17-14/h8-9H,5-7H2,1-4H3,(H,20,21). The smallest absolute Gasteiger partial charge is 0.305 e. The molecule has 0 fully saturated rings. The maximum absolute atomic E-state index is 12.7. The lowest BCUT2D eigenvalue weighted by Gasteiger charge is -2.20. The number of aryl methyl sites for hydroxylation is 2. The van der Waals surface area contributed by atoms with E-state index >= 15 is 0 Å². The van der Waals surface area contributed by atoms with Crippen LogP contribution in [0.1, 0.15) is 40.9 Å². The van der Waals surface area contributed by atoms with Crippen LogP contribution in [0.3, 0.4) is 0 Å². The summed E-state index contributed by atoms with van der Waals surface area (Å²) in [5.74, 6) is 0.232. The van der Waals surface area contributed by atoms with Crippen molar-refractivity contribution in [2.45, 2.75) is 34.1 Å². The van der Waals surface area contributed by atoms with Crippen molar-refractivity contribution in [1.82, 2.24) is 14.6 Å². The molecule has 0 unspecified atom stereocenters. The van der Waals surface area contributed by atoms with Crippen molar-refractivity contribution < 1.29 is 19.2 Å². The number of carboxylic acids is 1. The highest BCUT2D eigenvalue weighted by atomic mass is 16.5. The van der Waals surface area contributed by atoms with Gasteiger partial charge in [0.2, 0.25) is 0 Å². The first-order valence-corrected chi connectivity index (χ1v) is 7.48. The summed E-state index contributed by atoms with van der Waals surface area (Å²) in [4.78, 5) is 25.0. The van der Waals surface area contributed by atoms with Crippen molar-refractivity contribution >= 4 is 11.9 Å². The highest BCUT2D eigenvalue weighted by Gasteiger charge is 2.22. The molecule has 0 aromatic carbocycles. The molecule has 2 rings (SSSR count). The molecule has 0 radical (unpaired) electrons. The molecule has 0 aliphatic heterocycles. The molecular weight excluding hydrogens is 298 g/mol. The van der Waals surface area contributed by atoms with Gasteiger partial charge < -0.3 is 14.5 Å². The maximum Gasteiger partial charge on any atom is 0.305 e. The van der Waals surface area contributed by atoms with Gasteiger partial charge >= 0.3 is 5.97 Å². The fraction of sp³-hybridized carbons (Fsp3) is 0.438. The molecule has 0 spiro atoms. The maximum atomic E-state index is 12.7. The number of amides is 1. The Labute approximate surface area is 134 Å². The van der Waals surface area contributed by atoms with E-state index in [0.29, 0.717) is 23.7 Å². The average Bonchev–Trinajstić information content (AvgIpc) is 3.02. The summed E-state index contributed by atoms with van der Waals surface area (Å²) >= 11 is 0. The molecule has 0 bridgehead atoms. The lowest BCUT2D eigenvalue weighted by molar-refractivity contribution is -0.137. The van der Waals surface area contributed by atoms with Gasteiger partial charge in [0.1, 0.15) is 5.76 Å². The van der Waals surface area contributed by atoms with E-state index in [0.717, 1.165) is 11.4 Å². The van der Waals surface area contributed by atoms with Crippen LogP contribution in [0.4, 0.5) is 0 Å². The zero-order valence-electron chi connectivity index (χ0n) is 13.8. The van der Waals surface area contributed by atoms with Gasteiger partial charge in [0.05, 0.1) is 12.0 Å². The van der Waals surface area contributed by atoms with Crippen molar-refractivity contribution in [2.24, 2.45) is 0 Å². The minimum Gasteiger partial charge on any atom is -0.481 e. The van der Waals surface area contributed by atoms with Gasteiger partial charge in [-0.1, -0.05) is 5.16 Å². The third-order valence-electron chi connectivity index (χ3n) is 3.77. The van der Waals surface area contributed by atoms with Crippen LogP contribution in [0.25, 0.3) is 5.82 Å². The second-order valence-electron chi connectivity index (χ2n) is 5.44. The van der Waals surface area contributed by atoms with Crippen LogP contribution in [0.15, 0.2) is 16.7 Å². The Morgan fingerprint density at radius 1 is 1.30 bits per heavy atom. The molecule has 2 aromatic heterocycles. The molecule has 0 aliphatic rings. The van der Waals surface area contributed by atoms with Gasteiger partial charge in [0.25, 0.3) is 5.91 Å². The highest BCUT2D eigenvalue weighted by molar-refractivity contribution is 5.96. The van der Waals surface area contributed by atoms with E-state index in [2.05, 4.69) is 5.16 Å². The molecule has 7 nitrogen and oxygen atoms in total. The molecule has 2 aromatic rings. The number of carbonyl (C=O) groups is 2. The van der Waals surface area contributed by atoms with Crippen molar-refractivity contribution in [2.75, 3.05) is 13.1 Å². The van der Waals surface area contributed by atoms with E-state index in [1.165, 1.54) is 4.90 Å². The number of aromatic nitrogens is 2. The van der Waals surface area contributed by atoms with E-state index in [1.807, 2.05) is 25.3 Å². The predicted molar refractivity (Wildman–Crippen MR) is 83.9 cm³/mol. The minimum atomic E-state index is -0.917. The number of carbonyl (C=O) groups excluding carboxylic acids is 1. The lowest BCUT2D eigenvalue weighted by Crippen LogP contribution is -2.33. The second-order valence-corrected chi connectivity index (χ2v) is 5.44. The topological polar surface area (TPSA) is 88.6 Å². The Hall–Kier alpha value is -2.57. The zero-order chi connectivity index (χ0) is 17.1. The fourth-order valence-corrected chi connectivity index (χ4v) is 2.59. The van der Waals surface area contributed by atoms with Gasteiger partial charge in [-0.05, 0) is 33.8 Å². The first kappa shape index (κ1) is 16.8. The van der Waals surface area contributed by atoms with Crippen molar-refractivity contribution in [3.63, 3.8) is 0 Å². The third kappa shape index (κ3) is 3.44. The van der Waals surface area contributed by atoms with Gasteiger partial charge in [0.15, 0.2) is 5.82 Å². The normalized spacial score (nSPS) is 10.8. The Morgan fingerprint density at radius 2 is 2.00 bits per heavy atom. The van der Waals surface area contributed by atoms with Crippen LogP contribution in [-0.4, -0.2) is 44.7 Å². The summed E-state index contributed by atoms with van der Waals surface area (Å²) in [5, 5.41) is 12.8. The molecule has 1 N–H and O–H groups in total. The molecular formula is C16H21N3O4. The Balaban J connectivity index is 2.33. The second kappa shape index (κ2) is 6.68. The lowest BCUT2D eigenvalue weighted by atomic mass is 10.2.